The lowest BCUT2D eigenvalue weighted by atomic mass is 9.99. The number of thiophene rings is 1. The third-order valence-corrected chi connectivity index (χ3v) is 8.53. The first-order chi connectivity index (χ1) is 18.5. The highest BCUT2D eigenvalue weighted by atomic mass is 35.5. The van der Waals surface area contributed by atoms with Crippen LogP contribution < -0.4 is 0 Å². The normalized spacial score (nSPS) is 16.8. The Labute approximate surface area is 230 Å². The molecule has 0 N–H and O–H groups in total. The Kier molecular flexibility index (Phi) is 6.10. The molecule has 0 aliphatic carbocycles. The van der Waals surface area contributed by atoms with Crippen LogP contribution in [-0.2, 0) is 24.1 Å². The smallest absolute Gasteiger partial charge is 0.333 e. The number of aromatic nitrogens is 6. The second kappa shape index (κ2) is 9.26. The molecule has 3 aromatic heterocycles. The molecule has 1 atom stereocenters. The average Bonchev–Trinajstić information content (AvgIpc) is 3.55. The van der Waals surface area contributed by atoms with E-state index in [4.69, 9.17) is 16.6 Å². The van der Waals surface area contributed by atoms with Crippen molar-refractivity contribution in [1.29, 1.82) is 0 Å². The van der Waals surface area contributed by atoms with E-state index in [-0.39, 0.29) is 37.8 Å². The lowest BCUT2D eigenvalue weighted by Gasteiger charge is -2.28. The summed E-state index contributed by atoms with van der Waals surface area (Å²) >= 11 is 7.77. The van der Waals surface area contributed by atoms with Crippen LogP contribution in [0.15, 0.2) is 29.3 Å². The summed E-state index contributed by atoms with van der Waals surface area (Å²) in [6.45, 7) is 5.93. The minimum Gasteiger partial charge on any atom is -0.333 e. The summed E-state index contributed by atoms with van der Waals surface area (Å²) in [6, 6.07) is 6.71. The number of amides is 1. The molecule has 1 aromatic carbocycles. The number of fused-ring (bicyclic) bond motifs is 4. The van der Waals surface area contributed by atoms with Gasteiger partial charge in [0, 0.05) is 34.1 Å². The molecule has 9 nitrogen and oxygen atoms in total. The Morgan fingerprint density at radius 2 is 1.82 bits per heavy atom. The lowest BCUT2D eigenvalue weighted by Crippen LogP contribution is -2.39. The van der Waals surface area contributed by atoms with Gasteiger partial charge >= 0.3 is 6.18 Å². The van der Waals surface area contributed by atoms with Crippen molar-refractivity contribution in [2.75, 3.05) is 6.54 Å². The summed E-state index contributed by atoms with van der Waals surface area (Å²) in [5.74, 6) is -0.0196. The van der Waals surface area contributed by atoms with Crippen molar-refractivity contribution in [3.8, 4) is 5.00 Å². The molecule has 0 saturated heterocycles. The highest BCUT2D eigenvalue weighted by Crippen LogP contribution is 2.40. The monoisotopic (exact) mass is 574 g/mol. The van der Waals surface area contributed by atoms with Gasteiger partial charge in [0.1, 0.15) is 16.9 Å². The zero-order valence-electron chi connectivity index (χ0n) is 21.1. The number of nitrogens with zero attached hydrogens (tertiary/aromatic N) is 8. The van der Waals surface area contributed by atoms with Crippen molar-refractivity contribution in [1.82, 2.24) is 34.4 Å². The van der Waals surface area contributed by atoms with E-state index in [1.54, 1.807) is 23.5 Å². The fraction of sp³-hybridized carbons (Fsp3) is 0.360. The maximum absolute atomic E-state index is 13.5. The number of carbonyl (C=O) groups is 1. The van der Waals surface area contributed by atoms with Gasteiger partial charge in [-0.2, -0.15) is 13.2 Å². The van der Waals surface area contributed by atoms with Crippen molar-refractivity contribution in [3.05, 3.63) is 74.2 Å². The zero-order valence-corrected chi connectivity index (χ0v) is 22.7. The Bertz CT molecular complexity index is 1640. The maximum Gasteiger partial charge on any atom is 0.451 e. The molecule has 2 aliphatic heterocycles. The molecule has 4 aromatic rings. The van der Waals surface area contributed by atoms with Gasteiger partial charge in [-0.3, -0.25) is 14.4 Å². The minimum absolute atomic E-state index is 0.0392. The van der Waals surface area contributed by atoms with E-state index < -0.39 is 18.0 Å². The van der Waals surface area contributed by atoms with Crippen LogP contribution in [0, 0.1) is 20.8 Å². The van der Waals surface area contributed by atoms with Gasteiger partial charge in [-0.25, -0.2) is 0 Å². The number of aliphatic imine (C=N–C) groups is 1. The zero-order chi connectivity index (χ0) is 27.6. The number of benzene rings is 1. The van der Waals surface area contributed by atoms with Gasteiger partial charge in [-0.05, 0) is 38.5 Å². The molecule has 0 unspecified atom stereocenters. The van der Waals surface area contributed by atoms with Gasteiger partial charge in [-0.15, -0.1) is 31.7 Å². The molecule has 14 heteroatoms. The van der Waals surface area contributed by atoms with Gasteiger partial charge in [0.2, 0.25) is 11.7 Å². The molecular weight excluding hydrogens is 553 g/mol. The summed E-state index contributed by atoms with van der Waals surface area (Å²) in [5.41, 5.74) is 3.59. The predicted molar refractivity (Wildman–Crippen MR) is 138 cm³/mol. The highest BCUT2D eigenvalue weighted by molar-refractivity contribution is 7.15. The molecule has 0 bridgehead atoms. The Balaban J connectivity index is 1.38. The number of hydrogen-bond donors (Lipinski definition) is 0. The summed E-state index contributed by atoms with van der Waals surface area (Å²) in [7, 11) is 0. The average molecular weight is 575 g/mol. The van der Waals surface area contributed by atoms with Crippen molar-refractivity contribution >= 4 is 34.6 Å². The summed E-state index contributed by atoms with van der Waals surface area (Å²) < 4.78 is 42.7. The molecular formula is C25H22ClF3N8OS. The van der Waals surface area contributed by atoms with E-state index in [2.05, 4.69) is 20.4 Å². The second-order valence-electron chi connectivity index (χ2n) is 9.51. The van der Waals surface area contributed by atoms with Crippen LogP contribution in [0.25, 0.3) is 5.00 Å². The number of hydrogen-bond acceptors (Lipinski definition) is 7. The number of aryl methyl sites for hydroxylation is 2. The summed E-state index contributed by atoms with van der Waals surface area (Å²) in [6.07, 6.45) is -4.65. The fourth-order valence-electron chi connectivity index (χ4n) is 5.01. The van der Waals surface area contributed by atoms with E-state index in [1.807, 2.05) is 37.5 Å². The molecule has 0 radical (unpaired) electrons. The molecule has 0 saturated carbocycles. The maximum atomic E-state index is 13.5. The van der Waals surface area contributed by atoms with Crippen LogP contribution in [0.5, 0.6) is 0 Å². The summed E-state index contributed by atoms with van der Waals surface area (Å²) in [4.78, 5) is 21.2. The molecule has 2 aliphatic rings. The molecule has 0 spiro atoms. The van der Waals surface area contributed by atoms with Gasteiger partial charge in [0.25, 0.3) is 0 Å². The van der Waals surface area contributed by atoms with E-state index in [1.165, 1.54) is 4.90 Å². The van der Waals surface area contributed by atoms with Crippen LogP contribution >= 0.6 is 22.9 Å². The highest BCUT2D eigenvalue weighted by Gasteiger charge is 2.40. The van der Waals surface area contributed by atoms with Crippen LogP contribution in [0.1, 0.15) is 57.3 Å². The van der Waals surface area contributed by atoms with Gasteiger partial charge in [0.05, 0.1) is 18.7 Å². The first kappa shape index (κ1) is 25.7. The van der Waals surface area contributed by atoms with E-state index in [0.717, 1.165) is 36.8 Å². The Morgan fingerprint density at radius 1 is 1.08 bits per heavy atom. The molecule has 0 fully saturated rings. The van der Waals surface area contributed by atoms with Crippen molar-refractivity contribution in [2.45, 2.75) is 52.5 Å². The Hall–Kier alpha value is -3.58. The van der Waals surface area contributed by atoms with Crippen LogP contribution in [-0.4, -0.2) is 52.6 Å². The second-order valence-corrected chi connectivity index (χ2v) is 11.2. The van der Waals surface area contributed by atoms with Gasteiger partial charge in [-0.1, -0.05) is 23.7 Å². The molecule has 6 rings (SSSR count). The van der Waals surface area contributed by atoms with Crippen molar-refractivity contribution < 1.29 is 18.0 Å². The predicted octanol–water partition coefficient (Wildman–Crippen LogP) is 4.84. The third-order valence-electron chi connectivity index (χ3n) is 7.08. The van der Waals surface area contributed by atoms with E-state index in [0.29, 0.717) is 16.7 Å². The van der Waals surface area contributed by atoms with Crippen LogP contribution in [0.4, 0.5) is 13.2 Å². The fourth-order valence-corrected chi connectivity index (χ4v) is 6.35. The minimum atomic E-state index is -4.61. The standard InChI is InChI=1S/C25H22ClF3N8OS/c1-12-13(2)39-23-20(12)21(15-4-6-16(26)7-5-15)30-17(22-33-31-14(3)37(22)23)10-19(38)35-8-9-36-18(11-35)32-34-24(36)25(27,28)29/h4-7,17H,8-11H2,1-3H3/t17-/m0/s1. The quantitative estimate of drug-likeness (QED) is 0.349. The van der Waals surface area contributed by atoms with Gasteiger partial charge in [0.15, 0.2) is 11.6 Å². The molecule has 5 heterocycles. The van der Waals surface area contributed by atoms with E-state index in [9.17, 15) is 18.0 Å². The van der Waals surface area contributed by atoms with Crippen LogP contribution in [0.2, 0.25) is 5.02 Å². The number of carbonyl (C=O) groups excluding carboxylic acids is 1. The largest absolute Gasteiger partial charge is 0.451 e. The molecule has 39 heavy (non-hydrogen) atoms. The van der Waals surface area contributed by atoms with E-state index >= 15 is 0 Å². The van der Waals surface area contributed by atoms with Crippen molar-refractivity contribution in [3.63, 3.8) is 0 Å². The lowest BCUT2D eigenvalue weighted by molar-refractivity contribution is -0.148. The number of rotatable bonds is 3. The topological polar surface area (TPSA) is 94.1 Å². The SMILES string of the molecule is Cc1sc2c(c1C)C(c1ccc(Cl)cc1)=N[C@@H](CC(=O)N1CCn3c(nnc3C(F)(F)F)C1)c1nnc(C)n1-2. The van der Waals surface area contributed by atoms with Gasteiger partial charge < -0.3 is 9.47 Å². The number of alkyl halides is 3. The number of halogens is 4. The molecule has 202 valence electrons. The summed E-state index contributed by atoms with van der Waals surface area (Å²) in [5, 5.41) is 17.2. The van der Waals surface area contributed by atoms with Crippen LogP contribution in [0.3, 0.4) is 0 Å². The third kappa shape index (κ3) is 4.33. The first-order valence-electron chi connectivity index (χ1n) is 12.2. The first-order valence-corrected chi connectivity index (χ1v) is 13.4. The Morgan fingerprint density at radius 3 is 2.54 bits per heavy atom. The van der Waals surface area contributed by atoms with Crippen molar-refractivity contribution in [2.24, 2.45) is 4.99 Å². The molecule has 1 amide bonds.